The van der Waals surface area contributed by atoms with Crippen molar-refractivity contribution in [2.45, 2.75) is 58.0 Å². The number of fused-ring (bicyclic) bond motifs is 1. The third-order valence-corrected chi connectivity index (χ3v) is 8.58. The van der Waals surface area contributed by atoms with Gasteiger partial charge in [0.1, 0.15) is 5.75 Å². The van der Waals surface area contributed by atoms with Crippen molar-refractivity contribution in [1.29, 1.82) is 0 Å². The molecule has 8 nitrogen and oxygen atoms in total. The molecular formula is C25H31N3O5S. The molecule has 0 spiro atoms. The van der Waals surface area contributed by atoms with Crippen molar-refractivity contribution >= 4 is 33.2 Å². The third kappa shape index (κ3) is 4.54. The Labute approximate surface area is 200 Å². The first-order valence-electron chi connectivity index (χ1n) is 11.6. The summed E-state index contributed by atoms with van der Waals surface area (Å²) in [4.78, 5) is 25.1. The molecule has 0 unspecified atom stereocenters. The molecule has 2 aliphatic heterocycles. The van der Waals surface area contributed by atoms with Crippen LogP contribution in [0.4, 0.5) is 11.4 Å². The molecule has 182 valence electrons. The first-order valence-corrected chi connectivity index (χ1v) is 13.1. The molecule has 1 fully saturated rings. The molecule has 4 rings (SSSR count). The van der Waals surface area contributed by atoms with Gasteiger partial charge in [-0.3, -0.25) is 9.59 Å². The zero-order valence-corrected chi connectivity index (χ0v) is 20.8. The minimum absolute atomic E-state index is 0.117. The van der Waals surface area contributed by atoms with Gasteiger partial charge in [0.25, 0.3) is 5.91 Å². The van der Waals surface area contributed by atoms with E-state index in [0.29, 0.717) is 36.4 Å². The van der Waals surface area contributed by atoms with Gasteiger partial charge in [-0.1, -0.05) is 25.1 Å². The van der Waals surface area contributed by atoms with Gasteiger partial charge < -0.3 is 15.4 Å². The number of nitrogens with one attached hydrogen (secondary N) is 2. The average Bonchev–Trinajstić information content (AvgIpc) is 2.81. The van der Waals surface area contributed by atoms with Crippen molar-refractivity contribution in [1.82, 2.24) is 4.31 Å². The molecule has 2 aliphatic rings. The number of hydrogen-bond donors (Lipinski definition) is 2. The van der Waals surface area contributed by atoms with Gasteiger partial charge in [0.2, 0.25) is 15.9 Å². The number of anilines is 2. The highest BCUT2D eigenvalue weighted by molar-refractivity contribution is 7.89. The SMILES string of the molecule is CCc1cccc(C)c1NC(=O)[C@@H]1CCCN(S(=O)(=O)c2cc3c(cc2C)NC(=O)[C@H](C)O3)C1. The maximum absolute atomic E-state index is 13.6. The van der Waals surface area contributed by atoms with E-state index in [2.05, 4.69) is 10.6 Å². The molecule has 0 saturated carbocycles. The number of carbonyl (C=O) groups excluding carboxylic acids is 2. The topological polar surface area (TPSA) is 105 Å². The zero-order valence-electron chi connectivity index (χ0n) is 20.0. The minimum atomic E-state index is -3.86. The second kappa shape index (κ2) is 9.38. The van der Waals surface area contributed by atoms with Crippen molar-refractivity contribution < 1.29 is 22.7 Å². The van der Waals surface area contributed by atoms with Gasteiger partial charge in [0, 0.05) is 24.8 Å². The lowest BCUT2D eigenvalue weighted by Gasteiger charge is -2.32. The van der Waals surface area contributed by atoms with Crippen LogP contribution in [-0.2, 0) is 26.0 Å². The Bertz CT molecular complexity index is 1240. The Morgan fingerprint density at radius 3 is 2.74 bits per heavy atom. The maximum atomic E-state index is 13.6. The molecule has 2 amide bonds. The highest BCUT2D eigenvalue weighted by atomic mass is 32.2. The van der Waals surface area contributed by atoms with Crippen molar-refractivity contribution in [3.05, 3.63) is 47.0 Å². The minimum Gasteiger partial charge on any atom is -0.479 e. The lowest BCUT2D eigenvalue weighted by Crippen LogP contribution is -2.44. The fourth-order valence-corrected chi connectivity index (χ4v) is 6.31. The van der Waals surface area contributed by atoms with Crippen LogP contribution in [0.2, 0.25) is 0 Å². The van der Waals surface area contributed by atoms with E-state index in [1.807, 2.05) is 32.0 Å². The molecule has 9 heteroatoms. The van der Waals surface area contributed by atoms with Gasteiger partial charge in [0.15, 0.2) is 6.10 Å². The second-order valence-corrected chi connectivity index (χ2v) is 10.9. The van der Waals surface area contributed by atoms with Crippen molar-refractivity contribution in [3.63, 3.8) is 0 Å². The maximum Gasteiger partial charge on any atom is 0.265 e. The van der Waals surface area contributed by atoms with Crippen molar-refractivity contribution in [2.75, 3.05) is 23.7 Å². The van der Waals surface area contributed by atoms with Crippen LogP contribution < -0.4 is 15.4 Å². The number of benzene rings is 2. The number of hydrogen-bond acceptors (Lipinski definition) is 5. The van der Waals surface area contributed by atoms with Crippen LogP contribution in [-0.4, -0.2) is 43.7 Å². The number of amides is 2. The van der Waals surface area contributed by atoms with Crippen LogP contribution in [0.5, 0.6) is 5.75 Å². The zero-order chi connectivity index (χ0) is 24.6. The quantitative estimate of drug-likeness (QED) is 0.673. The highest BCUT2D eigenvalue weighted by Crippen LogP contribution is 2.36. The molecule has 0 bridgehead atoms. The second-order valence-electron chi connectivity index (χ2n) is 9.02. The molecule has 2 atom stereocenters. The van der Waals surface area contributed by atoms with E-state index in [-0.39, 0.29) is 23.3 Å². The van der Waals surface area contributed by atoms with Gasteiger partial charge in [-0.05, 0) is 62.8 Å². The summed E-state index contributed by atoms with van der Waals surface area (Å²) in [7, 11) is -3.86. The van der Waals surface area contributed by atoms with Gasteiger partial charge in [-0.25, -0.2) is 8.42 Å². The number of aryl methyl sites for hydroxylation is 3. The number of carbonyl (C=O) groups is 2. The molecular weight excluding hydrogens is 454 g/mol. The van der Waals surface area contributed by atoms with E-state index < -0.39 is 22.0 Å². The van der Waals surface area contributed by atoms with Crippen molar-refractivity contribution in [3.8, 4) is 5.75 Å². The summed E-state index contributed by atoms with van der Waals surface area (Å²) < 4.78 is 34.2. The summed E-state index contributed by atoms with van der Waals surface area (Å²) in [5.74, 6) is -0.547. The monoisotopic (exact) mass is 485 g/mol. The van der Waals surface area contributed by atoms with Crippen LogP contribution in [0.15, 0.2) is 35.2 Å². The predicted molar refractivity (Wildman–Crippen MR) is 131 cm³/mol. The molecule has 0 radical (unpaired) electrons. The van der Waals surface area contributed by atoms with Gasteiger partial charge in [-0.2, -0.15) is 4.31 Å². The van der Waals surface area contributed by atoms with E-state index in [4.69, 9.17) is 4.74 Å². The normalized spacial score (nSPS) is 20.8. The third-order valence-electron chi connectivity index (χ3n) is 6.57. The summed E-state index contributed by atoms with van der Waals surface area (Å²) in [6.07, 6.45) is 1.31. The van der Waals surface area contributed by atoms with Crippen LogP contribution in [0, 0.1) is 19.8 Å². The number of ether oxygens (including phenoxy) is 1. The van der Waals surface area contributed by atoms with Crippen molar-refractivity contribution in [2.24, 2.45) is 5.92 Å². The predicted octanol–water partition coefficient (Wildman–Crippen LogP) is 3.62. The van der Waals surface area contributed by atoms with E-state index in [1.165, 1.54) is 10.4 Å². The molecule has 2 aromatic rings. The summed E-state index contributed by atoms with van der Waals surface area (Å²) in [5, 5.41) is 5.79. The van der Waals surface area contributed by atoms with E-state index in [1.54, 1.807) is 19.9 Å². The van der Waals surface area contributed by atoms with Crippen LogP contribution in [0.3, 0.4) is 0 Å². The average molecular weight is 486 g/mol. The molecule has 2 N–H and O–H groups in total. The smallest absolute Gasteiger partial charge is 0.265 e. The Hall–Kier alpha value is -2.91. The van der Waals surface area contributed by atoms with Crippen LogP contribution in [0.25, 0.3) is 0 Å². The van der Waals surface area contributed by atoms with Crippen LogP contribution in [0.1, 0.15) is 43.4 Å². The summed E-state index contributed by atoms with van der Waals surface area (Å²) in [6.45, 7) is 7.76. The van der Waals surface area contributed by atoms with Crippen LogP contribution >= 0.6 is 0 Å². The fraction of sp³-hybridized carbons (Fsp3) is 0.440. The summed E-state index contributed by atoms with van der Waals surface area (Å²) in [5.41, 5.74) is 3.82. The van der Waals surface area contributed by atoms with E-state index in [0.717, 1.165) is 23.2 Å². The summed E-state index contributed by atoms with van der Waals surface area (Å²) in [6, 6.07) is 9.00. The van der Waals surface area contributed by atoms with E-state index >= 15 is 0 Å². The highest BCUT2D eigenvalue weighted by Gasteiger charge is 2.35. The first kappa shape index (κ1) is 24.2. The lowest BCUT2D eigenvalue weighted by atomic mass is 9.98. The number of piperidine rings is 1. The van der Waals surface area contributed by atoms with Gasteiger partial charge in [0.05, 0.1) is 16.5 Å². The Kier molecular flexibility index (Phi) is 6.69. The largest absolute Gasteiger partial charge is 0.479 e. The molecule has 0 aliphatic carbocycles. The molecule has 2 aromatic carbocycles. The molecule has 2 heterocycles. The van der Waals surface area contributed by atoms with Gasteiger partial charge in [-0.15, -0.1) is 0 Å². The summed E-state index contributed by atoms with van der Waals surface area (Å²) >= 11 is 0. The molecule has 34 heavy (non-hydrogen) atoms. The standard InChI is InChI=1S/C25H31N3O5S/c1-5-18-9-6-8-15(2)23(18)27-25(30)19-10-7-11-28(14-19)34(31,32)22-13-21-20(12-16(22)3)26-24(29)17(4)33-21/h6,8-9,12-13,17,19H,5,7,10-11,14H2,1-4H3,(H,26,29)(H,27,30)/t17-,19+/m0/s1. The van der Waals surface area contributed by atoms with Gasteiger partial charge >= 0.3 is 0 Å². The Morgan fingerprint density at radius 2 is 2.00 bits per heavy atom. The number of rotatable bonds is 5. The number of sulfonamides is 1. The first-order chi connectivity index (χ1) is 16.1. The molecule has 1 saturated heterocycles. The van der Waals surface area contributed by atoms with E-state index in [9.17, 15) is 18.0 Å². The lowest BCUT2D eigenvalue weighted by molar-refractivity contribution is -0.123. The number of nitrogens with zero attached hydrogens (tertiary/aromatic N) is 1. The fourth-order valence-electron chi connectivity index (χ4n) is 4.56. The molecule has 0 aromatic heterocycles. The Balaban J connectivity index is 1.56. The Morgan fingerprint density at radius 1 is 1.24 bits per heavy atom. The number of para-hydroxylation sites is 1.